The van der Waals surface area contributed by atoms with Crippen molar-refractivity contribution in [3.05, 3.63) is 54.4 Å². The standard InChI is InChI=1S/C22H27N7O3S/c1-17-20(7-6-8-21(17)29-16-24-26-27-29)23-15-22(30)25-18-9-11-19(12-10-18)33(31,32)28-13-4-2-3-5-14-28/h6-12,16,23H,2-5,13-15H2,1H3,(H,25,30). The second-order valence-electron chi connectivity index (χ2n) is 7.95. The first-order valence-electron chi connectivity index (χ1n) is 10.9. The molecule has 0 radical (unpaired) electrons. The Morgan fingerprint density at radius 3 is 2.42 bits per heavy atom. The van der Waals surface area contributed by atoms with Crippen LogP contribution in [0.5, 0.6) is 0 Å². The van der Waals surface area contributed by atoms with Gasteiger partial charge < -0.3 is 10.6 Å². The molecule has 2 N–H and O–H groups in total. The first kappa shape index (κ1) is 22.9. The summed E-state index contributed by atoms with van der Waals surface area (Å²) in [5.74, 6) is -0.245. The molecule has 1 saturated heterocycles. The Balaban J connectivity index is 1.36. The highest BCUT2D eigenvalue weighted by molar-refractivity contribution is 7.89. The highest BCUT2D eigenvalue weighted by Gasteiger charge is 2.25. The highest BCUT2D eigenvalue weighted by atomic mass is 32.2. The zero-order chi connectivity index (χ0) is 23.3. The normalized spacial score (nSPS) is 15.1. The summed E-state index contributed by atoms with van der Waals surface area (Å²) in [5.41, 5.74) is 3.04. The van der Waals surface area contributed by atoms with E-state index in [-0.39, 0.29) is 17.3 Å². The highest BCUT2D eigenvalue weighted by Crippen LogP contribution is 2.23. The van der Waals surface area contributed by atoms with Crippen molar-refractivity contribution in [3.8, 4) is 5.69 Å². The molecule has 0 aliphatic carbocycles. The first-order valence-corrected chi connectivity index (χ1v) is 12.4. The molecule has 0 spiro atoms. The van der Waals surface area contributed by atoms with Gasteiger partial charge in [-0.25, -0.2) is 13.1 Å². The number of hydrogen-bond acceptors (Lipinski definition) is 7. The summed E-state index contributed by atoms with van der Waals surface area (Å²) in [7, 11) is -3.51. The van der Waals surface area contributed by atoms with Crippen LogP contribution in [0.2, 0.25) is 0 Å². The molecule has 4 rings (SSSR count). The predicted molar refractivity (Wildman–Crippen MR) is 125 cm³/mol. The van der Waals surface area contributed by atoms with Gasteiger partial charge in [0.1, 0.15) is 6.33 Å². The summed E-state index contributed by atoms with van der Waals surface area (Å²) in [4.78, 5) is 12.7. The molecule has 1 aliphatic rings. The Hall–Kier alpha value is -3.31. The van der Waals surface area contributed by atoms with Crippen molar-refractivity contribution < 1.29 is 13.2 Å². The van der Waals surface area contributed by atoms with Gasteiger partial charge in [0.2, 0.25) is 15.9 Å². The number of nitrogens with zero attached hydrogens (tertiary/aromatic N) is 5. The van der Waals surface area contributed by atoms with E-state index < -0.39 is 10.0 Å². The topological polar surface area (TPSA) is 122 Å². The van der Waals surface area contributed by atoms with Crippen molar-refractivity contribution in [1.29, 1.82) is 0 Å². The van der Waals surface area contributed by atoms with E-state index in [0.717, 1.165) is 42.6 Å². The largest absolute Gasteiger partial charge is 0.376 e. The number of aromatic nitrogens is 4. The number of anilines is 2. The molecule has 1 aliphatic heterocycles. The van der Waals surface area contributed by atoms with Gasteiger partial charge in [0.15, 0.2) is 0 Å². The molecule has 2 aromatic carbocycles. The van der Waals surface area contributed by atoms with Crippen LogP contribution in [0, 0.1) is 6.92 Å². The lowest BCUT2D eigenvalue weighted by Gasteiger charge is -2.20. The summed E-state index contributed by atoms with van der Waals surface area (Å²) in [6.07, 6.45) is 5.41. The maximum atomic E-state index is 12.9. The minimum Gasteiger partial charge on any atom is -0.376 e. The number of carbonyl (C=O) groups is 1. The van der Waals surface area contributed by atoms with E-state index in [4.69, 9.17) is 0 Å². The van der Waals surface area contributed by atoms with Crippen LogP contribution in [0.25, 0.3) is 5.69 Å². The maximum Gasteiger partial charge on any atom is 0.243 e. The monoisotopic (exact) mass is 469 g/mol. The number of tetrazole rings is 1. The van der Waals surface area contributed by atoms with E-state index in [1.54, 1.807) is 33.3 Å². The third-order valence-corrected chi connectivity index (χ3v) is 7.59. The third kappa shape index (κ3) is 5.37. The van der Waals surface area contributed by atoms with Crippen LogP contribution < -0.4 is 10.6 Å². The number of carbonyl (C=O) groups excluding carboxylic acids is 1. The minimum atomic E-state index is -3.51. The molecule has 10 nitrogen and oxygen atoms in total. The Labute approximate surface area is 193 Å². The van der Waals surface area contributed by atoms with Crippen molar-refractivity contribution in [2.75, 3.05) is 30.3 Å². The zero-order valence-corrected chi connectivity index (χ0v) is 19.3. The molecule has 3 aromatic rings. The van der Waals surface area contributed by atoms with Crippen LogP contribution in [-0.2, 0) is 14.8 Å². The molecule has 0 unspecified atom stereocenters. The number of nitrogens with one attached hydrogen (secondary N) is 2. The fourth-order valence-electron chi connectivity index (χ4n) is 3.86. The third-order valence-electron chi connectivity index (χ3n) is 5.68. The number of hydrogen-bond donors (Lipinski definition) is 2. The van der Waals surface area contributed by atoms with Crippen LogP contribution in [-0.4, -0.2) is 58.5 Å². The quantitative estimate of drug-likeness (QED) is 0.545. The number of rotatable bonds is 7. The second kappa shape index (κ2) is 10.1. The summed E-state index contributed by atoms with van der Waals surface area (Å²) < 4.78 is 28.9. The van der Waals surface area contributed by atoms with Crippen molar-refractivity contribution in [1.82, 2.24) is 24.5 Å². The summed E-state index contributed by atoms with van der Waals surface area (Å²) in [5, 5.41) is 17.1. The van der Waals surface area contributed by atoms with Gasteiger partial charge in [-0.2, -0.15) is 4.31 Å². The maximum absolute atomic E-state index is 12.9. The second-order valence-corrected chi connectivity index (χ2v) is 9.89. The summed E-state index contributed by atoms with van der Waals surface area (Å²) in [6, 6.07) is 11.9. The number of benzene rings is 2. The van der Waals surface area contributed by atoms with E-state index in [1.165, 1.54) is 6.33 Å². The molecule has 1 aromatic heterocycles. The lowest BCUT2D eigenvalue weighted by molar-refractivity contribution is -0.114. The fraction of sp³-hybridized carbons (Fsp3) is 0.364. The van der Waals surface area contributed by atoms with Crippen LogP contribution in [0.4, 0.5) is 11.4 Å². The van der Waals surface area contributed by atoms with E-state index in [2.05, 4.69) is 26.2 Å². The first-order chi connectivity index (χ1) is 15.9. The van der Waals surface area contributed by atoms with Gasteiger partial charge >= 0.3 is 0 Å². The van der Waals surface area contributed by atoms with Gasteiger partial charge in [-0.15, -0.1) is 5.10 Å². The van der Waals surface area contributed by atoms with Crippen molar-refractivity contribution in [3.63, 3.8) is 0 Å². The summed E-state index contributed by atoms with van der Waals surface area (Å²) in [6.45, 7) is 3.08. The Kier molecular flexibility index (Phi) is 6.99. The predicted octanol–water partition coefficient (Wildman–Crippen LogP) is 2.59. The molecule has 0 bridgehead atoms. The van der Waals surface area contributed by atoms with Crippen LogP contribution in [0.1, 0.15) is 31.2 Å². The van der Waals surface area contributed by atoms with Gasteiger partial charge in [0, 0.05) is 24.5 Å². The van der Waals surface area contributed by atoms with Gasteiger partial charge in [0.05, 0.1) is 17.1 Å². The molecule has 0 saturated carbocycles. The lowest BCUT2D eigenvalue weighted by Crippen LogP contribution is -2.31. The average molecular weight is 470 g/mol. The molecule has 1 amide bonds. The molecule has 174 valence electrons. The van der Waals surface area contributed by atoms with Gasteiger partial charge in [-0.05, 0) is 72.2 Å². The molecule has 33 heavy (non-hydrogen) atoms. The van der Waals surface area contributed by atoms with E-state index in [9.17, 15) is 13.2 Å². The molecule has 2 heterocycles. The Morgan fingerprint density at radius 2 is 1.76 bits per heavy atom. The molecule has 1 fully saturated rings. The molecular formula is C22H27N7O3S. The Morgan fingerprint density at radius 1 is 1.03 bits per heavy atom. The van der Waals surface area contributed by atoms with Crippen LogP contribution >= 0.6 is 0 Å². The van der Waals surface area contributed by atoms with E-state index in [0.29, 0.717) is 18.8 Å². The zero-order valence-electron chi connectivity index (χ0n) is 18.4. The van der Waals surface area contributed by atoms with Crippen LogP contribution in [0.15, 0.2) is 53.7 Å². The summed E-state index contributed by atoms with van der Waals surface area (Å²) >= 11 is 0. The van der Waals surface area contributed by atoms with Crippen molar-refractivity contribution in [2.45, 2.75) is 37.5 Å². The van der Waals surface area contributed by atoms with Crippen LogP contribution in [0.3, 0.4) is 0 Å². The fourth-order valence-corrected chi connectivity index (χ4v) is 5.37. The molecule has 0 atom stereocenters. The van der Waals surface area contributed by atoms with Gasteiger partial charge in [-0.3, -0.25) is 4.79 Å². The lowest BCUT2D eigenvalue weighted by atomic mass is 10.1. The molecule has 11 heteroatoms. The number of sulfonamides is 1. The van der Waals surface area contributed by atoms with E-state index >= 15 is 0 Å². The van der Waals surface area contributed by atoms with Gasteiger partial charge in [-0.1, -0.05) is 18.9 Å². The molecular weight excluding hydrogens is 442 g/mol. The minimum absolute atomic E-state index is 0.0493. The SMILES string of the molecule is Cc1c(NCC(=O)Nc2ccc(S(=O)(=O)N3CCCCCC3)cc2)cccc1-n1cnnn1. The average Bonchev–Trinajstić information content (AvgIpc) is 3.19. The van der Waals surface area contributed by atoms with Crippen molar-refractivity contribution in [2.24, 2.45) is 0 Å². The smallest absolute Gasteiger partial charge is 0.243 e. The number of amides is 1. The Bertz CT molecular complexity index is 1190. The van der Waals surface area contributed by atoms with Gasteiger partial charge in [0.25, 0.3) is 0 Å². The van der Waals surface area contributed by atoms with E-state index in [1.807, 2.05) is 25.1 Å². The van der Waals surface area contributed by atoms with Crippen molar-refractivity contribution >= 4 is 27.3 Å².